The number of thiophene rings is 1. The van der Waals surface area contributed by atoms with Crippen LogP contribution in [-0.4, -0.2) is 41.0 Å². The first-order chi connectivity index (χ1) is 8.74. The Morgan fingerprint density at radius 2 is 2.11 bits per heavy atom. The summed E-state index contributed by atoms with van der Waals surface area (Å²) in [6.45, 7) is 8.34. The summed E-state index contributed by atoms with van der Waals surface area (Å²) >= 11 is 7.54. The highest BCUT2D eigenvalue weighted by Crippen LogP contribution is 2.26. The molecule has 0 fully saturated rings. The fourth-order valence-electron chi connectivity index (χ4n) is 1.83. The van der Waals surface area contributed by atoms with E-state index in [-0.39, 0.29) is 0 Å². The van der Waals surface area contributed by atoms with Crippen molar-refractivity contribution in [1.82, 2.24) is 14.9 Å². The Morgan fingerprint density at radius 3 is 2.83 bits per heavy atom. The van der Waals surface area contributed by atoms with Gasteiger partial charge >= 0.3 is 0 Å². The smallest absolute Gasteiger partial charge is 0.224 e. The molecule has 2 aromatic heterocycles. The van der Waals surface area contributed by atoms with Crippen molar-refractivity contribution in [3.63, 3.8) is 0 Å². The van der Waals surface area contributed by atoms with Gasteiger partial charge in [0.1, 0.15) is 5.82 Å². The predicted octanol–water partition coefficient (Wildman–Crippen LogP) is 3.10. The van der Waals surface area contributed by atoms with E-state index < -0.39 is 0 Å². The highest BCUT2D eigenvalue weighted by Gasteiger charge is 2.07. The van der Waals surface area contributed by atoms with Crippen LogP contribution >= 0.6 is 22.9 Å². The molecule has 2 rings (SSSR count). The summed E-state index contributed by atoms with van der Waals surface area (Å²) in [7, 11) is 0. The molecule has 0 amide bonds. The number of hydrogen-bond acceptors (Lipinski definition) is 5. The largest absolute Gasteiger partial charge is 0.367 e. The van der Waals surface area contributed by atoms with Crippen molar-refractivity contribution in [2.45, 2.75) is 13.8 Å². The molecule has 18 heavy (non-hydrogen) atoms. The fraction of sp³-hybridized carbons (Fsp3) is 0.500. The molecule has 2 heterocycles. The first-order valence-corrected chi connectivity index (χ1v) is 7.37. The second kappa shape index (κ2) is 6.31. The molecule has 0 atom stereocenters. The summed E-state index contributed by atoms with van der Waals surface area (Å²) in [5.41, 5.74) is 0.908. The van der Waals surface area contributed by atoms with Crippen molar-refractivity contribution in [1.29, 1.82) is 0 Å². The summed E-state index contributed by atoms with van der Waals surface area (Å²) in [5.74, 6) is 0.840. The van der Waals surface area contributed by atoms with E-state index >= 15 is 0 Å². The fourth-order valence-corrected chi connectivity index (χ4v) is 2.80. The van der Waals surface area contributed by atoms with Crippen LogP contribution in [0.1, 0.15) is 13.8 Å². The molecule has 6 heteroatoms. The van der Waals surface area contributed by atoms with Gasteiger partial charge in [-0.2, -0.15) is 4.98 Å². The molecule has 0 saturated carbocycles. The maximum absolute atomic E-state index is 5.91. The Kier molecular flexibility index (Phi) is 4.74. The number of hydrogen-bond donors (Lipinski definition) is 1. The summed E-state index contributed by atoms with van der Waals surface area (Å²) in [6, 6.07) is 1.96. The number of aromatic nitrogens is 2. The van der Waals surface area contributed by atoms with Crippen LogP contribution < -0.4 is 5.32 Å². The van der Waals surface area contributed by atoms with Gasteiger partial charge < -0.3 is 10.2 Å². The van der Waals surface area contributed by atoms with Crippen LogP contribution in [0.2, 0.25) is 5.28 Å². The number of rotatable bonds is 6. The monoisotopic (exact) mass is 284 g/mol. The molecular weight excluding hydrogens is 268 g/mol. The third kappa shape index (κ3) is 3.10. The van der Waals surface area contributed by atoms with Gasteiger partial charge in [-0.1, -0.05) is 13.8 Å². The van der Waals surface area contributed by atoms with Crippen LogP contribution in [0, 0.1) is 0 Å². The average molecular weight is 285 g/mol. The van der Waals surface area contributed by atoms with Crippen molar-refractivity contribution in [2.24, 2.45) is 0 Å². The van der Waals surface area contributed by atoms with Crippen molar-refractivity contribution in [3.8, 4) is 0 Å². The summed E-state index contributed by atoms with van der Waals surface area (Å²) in [5, 5.41) is 5.65. The molecule has 0 aliphatic carbocycles. The number of likely N-dealkylation sites (N-methyl/N-ethyl adjacent to an activating group) is 1. The van der Waals surface area contributed by atoms with E-state index in [0.29, 0.717) is 5.28 Å². The lowest BCUT2D eigenvalue weighted by atomic mass is 10.4. The van der Waals surface area contributed by atoms with Crippen LogP contribution in [0.25, 0.3) is 10.2 Å². The standard InChI is InChI=1S/C12H17ClN4S/c1-3-17(4-2)7-6-14-11-10-9(5-8-18-10)15-12(13)16-11/h5,8H,3-4,6-7H2,1-2H3,(H,14,15,16). The van der Waals surface area contributed by atoms with E-state index in [1.807, 2.05) is 11.4 Å². The van der Waals surface area contributed by atoms with Gasteiger partial charge in [0.15, 0.2) is 0 Å². The number of fused-ring (bicyclic) bond motifs is 1. The maximum Gasteiger partial charge on any atom is 0.224 e. The molecule has 0 unspecified atom stereocenters. The summed E-state index contributed by atoms with van der Waals surface area (Å²) in [6.07, 6.45) is 0. The minimum Gasteiger partial charge on any atom is -0.367 e. The zero-order valence-corrected chi connectivity index (χ0v) is 12.2. The molecule has 0 radical (unpaired) electrons. The predicted molar refractivity (Wildman–Crippen MR) is 78.7 cm³/mol. The van der Waals surface area contributed by atoms with Crippen LogP contribution in [0.4, 0.5) is 5.82 Å². The third-order valence-electron chi connectivity index (χ3n) is 2.89. The van der Waals surface area contributed by atoms with Gasteiger partial charge in [0.2, 0.25) is 5.28 Å². The zero-order valence-electron chi connectivity index (χ0n) is 10.6. The quantitative estimate of drug-likeness (QED) is 0.828. The maximum atomic E-state index is 5.91. The second-order valence-electron chi connectivity index (χ2n) is 3.93. The van der Waals surface area contributed by atoms with Crippen LogP contribution in [0.3, 0.4) is 0 Å². The summed E-state index contributed by atoms with van der Waals surface area (Å²) in [4.78, 5) is 10.8. The Bertz CT molecular complexity index is 510. The number of anilines is 1. The topological polar surface area (TPSA) is 41.0 Å². The lowest BCUT2D eigenvalue weighted by Gasteiger charge is -2.18. The van der Waals surface area contributed by atoms with Gasteiger partial charge in [0.05, 0.1) is 10.2 Å². The van der Waals surface area contributed by atoms with Gasteiger partial charge in [-0.3, -0.25) is 0 Å². The Morgan fingerprint density at radius 1 is 1.33 bits per heavy atom. The Labute approximate surface area is 116 Å². The van der Waals surface area contributed by atoms with E-state index in [1.165, 1.54) is 0 Å². The third-order valence-corrected chi connectivity index (χ3v) is 3.97. The van der Waals surface area contributed by atoms with Crippen molar-refractivity contribution >= 4 is 39.0 Å². The minimum atomic E-state index is 0.297. The Balaban J connectivity index is 2.05. The lowest BCUT2D eigenvalue weighted by molar-refractivity contribution is 0.316. The molecule has 4 nitrogen and oxygen atoms in total. The molecular formula is C12H17ClN4S. The molecule has 2 aromatic rings. The minimum absolute atomic E-state index is 0.297. The van der Waals surface area contributed by atoms with Crippen LogP contribution in [0.15, 0.2) is 11.4 Å². The molecule has 0 saturated heterocycles. The van der Waals surface area contributed by atoms with E-state index in [1.54, 1.807) is 11.3 Å². The van der Waals surface area contributed by atoms with E-state index in [9.17, 15) is 0 Å². The van der Waals surface area contributed by atoms with E-state index in [0.717, 1.165) is 42.2 Å². The van der Waals surface area contributed by atoms with Gasteiger partial charge in [0, 0.05) is 13.1 Å². The van der Waals surface area contributed by atoms with E-state index in [2.05, 4.69) is 34.0 Å². The van der Waals surface area contributed by atoms with Gasteiger partial charge in [-0.15, -0.1) is 11.3 Å². The average Bonchev–Trinajstić information content (AvgIpc) is 2.82. The first kappa shape index (κ1) is 13.5. The van der Waals surface area contributed by atoms with Gasteiger partial charge in [0.25, 0.3) is 0 Å². The van der Waals surface area contributed by atoms with E-state index in [4.69, 9.17) is 11.6 Å². The highest BCUT2D eigenvalue weighted by molar-refractivity contribution is 7.17. The van der Waals surface area contributed by atoms with Gasteiger partial charge in [-0.05, 0) is 36.1 Å². The number of nitrogens with zero attached hydrogens (tertiary/aromatic N) is 3. The first-order valence-electron chi connectivity index (χ1n) is 6.11. The number of halogens is 1. The molecule has 98 valence electrons. The second-order valence-corrected chi connectivity index (χ2v) is 5.18. The SMILES string of the molecule is CCN(CC)CCNc1nc(Cl)nc2ccsc12. The molecule has 1 N–H and O–H groups in total. The van der Waals surface area contributed by atoms with Crippen molar-refractivity contribution in [3.05, 3.63) is 16.7 Å². The van der Waals surface area contributed by atoms with Gasteiger partial charge in [-0.25, -0.2) is 4.98 Å². The van der Waals surface area contributed by atoms with Crippen LogP contribution in [-0.2, 0) is 0 Å². The molecule has 0 aromatic carbocycles. The molecule has 0 spiro atoms. The zero-order chi connectivity index (χ0) is 13.0. The molecule has 0 aliphatic heterocycles. The van der Waals surface area contributed by atoms with Crippen LogP contribution in [0.5, 0.6) is 0 Å². The Hall–Kier alpha value is -0.910. The van der Waals surface area contributed by atoms with Crippen molar-refractivity contribution in [2.75, 3.05) is 31.5 Å². The molecule has 0 aliphatic rings. The molecule has 0 bridgehead atoms. The normalized spacial score (nSPS) is 11.3. The highest BCUT2D eigenvalue weighted by atomic mass is 35.5. The van der Waals surface area contributed by atoms with Crippen molar-refractivity contribution < 1.29 is 0 Å². The lowest BCUT2D eigenvalue weighted by Crippen LogP contribution is -2.28. The summed E-state index contributed by atoms with van der Waals surface area (Å²) < 4.78 is 1.07. The number of nitrogens with one attached hydrogen (secondary N) is 1.